The molecule has 2 aromatic heterocycles. The zero-order valence-electron chi connectivity index (χ0n) is 16.7. The van der Waals surface area contributed by atoms with Gasteiger partial charge in [0.2, 0.25) is 0 Å². The molecule has 0 saturated heterocycles. The Balaban J connectivity index is 1.46. The van der Waals surface area contributed by atoms with Crippen molar-refractivity contribution in [2.24, 2.45) is 11.7 Å². The third kappa shape index (κ3) is 4.66. The number of hydrogen-bond acceptors (Lipinski definition) is 5. The first-order chi connectivity index (χ1) is 14.8. The fourth-order valence-corrected chi connectivity index (χ4v) is 5.43. The first-order valence-corrected chi connectivity index (χ1v) is 11.3. The van der Waals surface area contributed by atoms with Gasteiger partial charge >= 0.3 is 0 Å². The zero-order chi connectivity index (χ0) is 22.1. The fourth-order valence-electron chi connectivity index (χ4n) is 3.63. The second-order valence-corrected chi connectivity index (χ2v) is 9.45. The Labute approximate surface area is 193 Å². The van der Waals surface area contributed by atoms with Gasteiger partial charge in [-0.3, -0.25) is 14.9 Å². The lowest BCUT2D eigenvalue weighted by Gasteiger charge is -2.18. The van der Waals surface area contributed by atoms with Crippen molar-refractivity contribution < 1.29 is 14.0 Å². The summed E-state index contributed by atoms with van der Waals surface area (Å²) in [6.07, 6.45) is 2.73. The third-order valence-corrected chi connectivity index (χ3v) is 6.80. The average molecular weight is 474 g/mol. The SMILES string of the molecule is CC1CCc2c(sc(NC(=S)NC(=O)c3ccc(-c4ccc(Cl)cc4)o3)c2C(N)=O)C1. The molecule has 1 aliphatic carbocycles. The minimum absolute atomic E-state index is 0.0728. The Morgan fingerprint density at radius 1 is 1.23 bits per heavy atom. The molecule has 2 heterocycles. The van der Waals surface area contributed by atoms with E-state index in [1.54, 1.807) is 36.4 Å². The highest BCUT2D eigenvalue weighted by atomic mass is 35.5. The van der Waals surface area contributed by atoms with E-state index < -0.39 is 11.8 Å². The van der Waals surface area contributed by atoms with Crippen molar-refractivity contribution in [3.05, 3.63) is 63.2 Å². The summed E-state index contributed by atoms with van der Waals surface area (Å²) >= 11 is 12.7. The van der Waals surface area contributed by atoms with Gasteiger partial charge < -0.3 is 15.5 Å². The number of carbonyl (C=O) groups is 2. The van der Waals surface area contributed by atoms with E-state index in [0.29, 0.717) is 27.3 Å². The largest absolute Gasteiger partial charge is 0.451 e. The normalized spacial score (nSPS) is 15.2. The minimum Gasteiger partial charge on any atom is -0.451 e. The summed E-state index contributed by atoms with van der Waals surface area (Å²) in [5.74, 6) is 0.219. The lowest BCUT2D eigenvalue weighted by atomic mass is 9.88. The molecular formula is C22H20ClN3O3S2. The Hall–Kier alpha value is -2.68. The molecule has 0 radical (unpaired) electrons. The van der Waals surface area contributed by atoms with Gasteiger partial charge in [-0.05, 0) is 79.4 Å². The Bertz CT molecular complexity index is 1170. The maximum absolute atomic E-state index is 12.6. The van der Waals surface area contributed by atoms with E-state index in [-0.39, 0.29) is 10.9 Å². The molecular weight excluding hydrogens is 454 g/mol. The van der Waals surface area contributed by atoms with Crippen molar-refractivity contribution in [3.63, 3.8) is 0 Å². The molecule has 6 nitrogen and oxygen atoms in total. The quantitative estimate of drug-likeness (QED) is 0.462. The molecule has 3 aromatic rings. The molecule has 9 heteroatoms. The number of hydrogen-bond donors (Lipinski definition) is 3. The van der Waals surface area contributed by atoms with Gasteiger partial charge in [0.25, 0.3) is 11.8 Å². The highest BCUT2D eigenvalue weighted by molar-refractivity contribution is 7.80. The molecule has 0 spiro atoms. The van der Waals surface area contributed by atoms with Gasteiger partial charge in [0.05, 0.1) is 5.56 Å². The van der Waals surface area contributed by atoms with Crippen LogP contribution in [-0.2, 0) is 12.8 Å². The van der Waals surface area contributed by atoms with Crippen molar-refractivity contribution in [3.8, 4) is 11.3 Å². The Morgan fingerprint density at radius 2 is 1.97 bits per heavy atom. The van der Waals surface area contributed by atoms with Crippen LogP contribution in [0.25, 0.3) is 11.3 Å². The van der Waals surface area contributed by atoms with Crippen molar-refractivity contribution in [2.75, 3.05) is 5.32 Å². The van der Waals surface area contributed by atoms with Crippen LogP contribution >= 0.6 is 35.2 Å². The Morgan fingerprint density at radius 3 is 2.68 bits per heavy atom. The number of furan rings is 1. The van der Waals surface area contributed by atoms with E-state index in [2.05, 4.69) is 17.6 Å². The van der Waals surface area contributed by atoms with Crippen LogP contribution in [0.2, 0.25) is 5.02 Å². The summed E-state index contributed by atoms with van der Waals surface area (Å²) in [7, 11) is 0. The number of amides is 2. The van der Waals surface area contributed by atoms with Gasteiger partial charge in [-0.1, -0.05) is 18.5 Å². The monoisotopic (exact) mass is 473 g/mol. The van der Waals surface area contributed by atoms with E-state index in [1.165, 1.54) is 11.3 Å². The molecule has 31 heavy (non-hydrogen) atoms. The number of halogens is 1. The second kappa shape index (κ2) is 8.82. The van der Waals surface area contributed by atoms with Gasteiger partial charge in [-0.15, -0.1) is 11.3 Å². The number of rotatable bonds is 4. The maximum atomic E-state index is 12.6. The molecule has 0 aliphatic heterocycles. The van der Waals surface area contributed by atoms with E-state index in [4.69, 9.17) is 34.0 Å². The van der Waals surface area contributed by atoms with Gasteiger partial charge in [0.1, 0.15) is 10.8 Å². The van der Waals surface area contributed by atoms with Gasteiger partial charge in [-0.2, -0.15) is 0 Å². The van der Waals surface area contributed by atoms with Gasteiger partial charge in [0, 0.05) is 15.5 Å². The number of anilines is 1. The zero-order valence-corrected chi connectivity index (χ0v) is 19.0. The fraction of sp³-hybridized carbons (Fsp3) is 0.227. The Kier molecular flexibility index (Phi) is 6.13. The molecule has 2 amide bonds. The average Bonchev–Trinajstić information content (AvgIpc) is 3.33. The number of carbonyl (C=O) groups excluding carboxylic acids is 2. The lowest BCUT2D eigenvalue weighted by molar-refractivity contribution is 0.0950. The van der Waals surface area contributed by atoms with Crippen LogP contribution in [0.15, 0.2) is 40.8 Å². The molecule has 160 valence electrons. The summed E-state index contributed by atoms with van der Waals surface area (Å²) in [5.41, 5.74) is 7.88. The summed E-state index contributed by atoms with van der Waals surface area (Å²) < 4.78 is 5.65. The van der Waals surface area contributed by atoms with E-state index in [0.717, 1.165) is 35.3 Å². The van der Waals surface area contributed by atoms with Crippen LogP contribution in [0.4, 0.5) is 5.00 Å². The summed E-state index contributed by atoms with van der Waals surface area (Å²) in [4.78, 5) is 25.8. The van der Waals surface area contributed by atoms with Crippen LogP contribution in [0.5, 0.6) is 0 Å². The highest BCUT2D eigenvalue weighted by Crippen LogP contribution is 2.39. The number of nitrogens with one attached hydrogen (secondary N) is 2. The van der Waals surface area contributed by atoms with E-state index in [9.17, 15) is 9.59 Å². The molecule has 1 atom stereocenters. The van der Waals surface area contributed by atoms with Gasteiger partial charge in [0.15, 0.2) is 10.9 Å². The minimum atomic E-state index is -0.498. The van der Waals surface area contributed by atoms with Crippen molar-refractivity contribution in [2.45, 2.75) is 26.2 Å². The first-order valence-electron chi connectivity index (χ1n) is 9.74. The topological polar surface area (TPSA) is 97.4 Å². The molecule has 4 rings (SSSR count). The van der Waals surface area contributed by atoms with Crippen LogP contribution in [0, 0.1) is 5.92 Å². The van der Waals surface area contributed by atoms with Gasteiger partial charge in [-0.25, -0.2) is 0 Å². The molecule has 4 N–H and O–H groups in total. The molecule has 0 saturated carbocycles. The number of thiocarbonyl (C=S) groups is 1. The van der Waals surface area contributed by atoms with E-state index in [1.807, 2.05) is 0 Å². The molecule has 1 unspecified atom stereocenters. The van der Waals surface area contributed by atoms with Crippen LogP contribution in [0.1, 0.15) is 44.7 Å². The van der Waals surface area contributed by atoms with Crippen molar-refractivity contribution in [1.82, 2.24) is 5.32 Å². The summed E-state index contributed by atoms with van der Waals surface area (Å²) in [6.45, 7) is 2.19. The third-order valence-electron chi connectivity index (χ3n) is 5.17. The molecule has 0 fully saturated rings. The number of benzene rings is 1. The smallest absolute Gasteiger partial charge is 0.293 e. The number of primary amides is 1. The van der Waals surface area contributed by atoms with Crippen LogP contribution < -0.4 is 16.4 Å². The second-order valence-electron chi connectivity index (χ2n) is 7.50. The standard InChI is InChI=1S/C22H20ClN3O3S2/c1-11-2-7-14-17(10-11)31-21(18(14)19(24)27)26-22(30)25-20(28)16-9-8-15(29-16)12-3-5-13(23)6-4-12/h3-6,8-9,11H,2,7,10H2,1H3,(H2,24,27)(H2,25,26,28,30). The summed E-state index contributed by atoms with van der Waals surface area (Å²) in [5, 5.41) is 6.82. The lowest BCUT2D eigenvalue weighted by Crippen LogP contribution is -2.34. The molecule has 0 bridgehead atoms. The van der Waals surface area contributed by atoms with E-state index >= 15 is 0 Å². The number of thiophene rings is 1. The number of fused-ring (bicyclic) bond motifs is 1. The van der Waals surface area contributed by atoms with Crippen molar-refractivity contribution >= 4 is 57.1 Å². The summed E-state index contributed by atoms with van der Waals surface area (Å²) in [6, 6.07) is 10.4. The van der Waals surface area contributed by atoms with Crippen molar-refractivity contribution in [1.29, 1.82) is 0 Å². The first kappa shape index (κ1) is 21.5. The predicted molar refractivity (Wildman–Crippen MR) is 127 cm³/mol. The molecule has 1 aliphatic rings. The van der Waals surface area contributed by atoms with Crippen LogP contribution in [0.3, 0.4) is 0 Å². The highest BCUT2D eigenvalue weighted by Gasteiger charge is 2.27. The molecule has 1 aromatic carbocycles. The number of nitrogens with two attached hydrogens (primary N) is 1. The van der Waals surface area contributed by atoms with Crippen LogP contribution in [-0.4, -0.2) is 16.9 Å². The maximum Gasteiger partial charge on any atom is 0.293 e. The predicted octanol–water partition coefficient (Wildman–Crippen LogP) is 5.01.